The number of hydrogen-bond donors (Lipinski definition) is 1. The molecular formula is C16H15F3N4O. The molecular weight excluding hydrogens is 321 g/mol. The van der Waals surface area contributed by atoms with Crippen LogP contribution in [0, 0.1) is 5.92 Å². The molecule has 0 atom stereocenters. The average molecular weight is 336 g/mol. The lowest BCUT2D eigenvalue weighted by atomic mass is 9.81. The fraction of sp³-hybridized carbons (Fsp3) is 0.438. The van der Waals surface area contributed by atoms with Gasteiger partial charge in [-0.1, -0.05) is 5.16 Å². The van der Waals surface area contributed by atoms with Crippen LogP contribution >= 0.6 is 0 Å². The van der Waals surface area contributed by atoms with E-state index in [2.05, 4.69) is 20.1 Å². The van der Waals surface area contributed by atoms with Crippen LogP contribution in [0.15, 0.2) is 29.0 Å². The number of rotatable bonds is 2. The van der Waals surface area contributed by atoms with E-state index in [9.17, 15) is 13.2 Å². The number of fused-ring (bicyclic) bond motifs is 1. The zero-order valence-electron chi connectivity index (χ0n) is 12.7. The molecule has 0 bridgehead atoms. The molecule has 3 heterocycles. The highest BCUT2D eigenvalue weighted by Gasteiger charge is 2.42. The summed E-state index contributed by atoms with van der Waals surface area (Å²) in [5.74, 6) is -0.453. The van der Waals surface area contributed by atoms with Gasteiger partial charge in [-0.3, -0.25) is 0 Å². The lowest BCUT2D eigenvalue weighted by Crippen LogP contribution is -2.27. The van der Waals surface area contributed by atoms with Crippen LogP contribution in [0.5, 0.6) is 0 Å². The van der Waals surface area contributed by atoms with Gasteiger partial charge in [0.2, 0.25) is 11.7 Å². The van der Waals surface area contributed by atoms with E-state index in [1.165, 1.54) is 0 Å². The molecule has 4 rings (SSSR count). The molecule has 0 spiro atoms. The molecule has 8 heteroatoms. The van der Waals surface area contributed by atoms with E-state index < -0.39 is 12.1 Å². The van der Waals surface area contributed by atoms with E-state index in [0.29, 0.717) is 24.6 Å². The lowest BCUT2D eigenvalue weighted by molar-refractivity contribution is -0.182. The van der Waals surface area contributed by atoms with Crippen molar-refractivity contribution in [3.05, 3.63) is 30.4 Å². The second kappa shape index (κ2) is 5.61. The molecule has 126 valence electrons. The predicted molar refractivity (Wildman–Crippen MR) is 80.1 cm³/mol. The molecule has 0 amide bonds. The van der Waals surface area contributed by atoms with Gasteiger partial charge < -0.3 is 9.51 Å². The monoisotopic (exact) mass is 336 g/mol. The molecule has 1 N–H and O–H groups in total. The fourth-order valence-electron chi connectivity index (χ4n) is 3.33. The molecule has 3 aromatic rings. The Balaban J connectivity index is 1.55. The third kappa shape index (κ3) is 2.65. The minimum absolute atomic E-state index is 0.103. The standard InChI is InChI=1S/C16H15F3N4O/c17-16(18,19)10-3-1-9(2-4-10)15-22-14(23-24-15)12-6-8-21-13-11(12)5-7-20-13/h5-10H,1-4H2,(H,20,21). The summed E-state index contributed by atoms with van der Waals surface area (Å²) in [6.07, 6.45) is 0.386. The number of aromatic nitrogens is 4. The number of pyridine rings is 1. The Morgan fingerprint density at radius 3 is 2.67 bits per heavy atom. The number of aromatic amines is 1. The van der Waals surface area contributed by atoms with E-state index in [1.807, 2.05) is 6.07 Å². The van der Waals surface area contributed by atoms with Gasteiger partial charge in [-0.15, -0.1) is 0 Å². The van der Waals surface area contributed by atoms with Gasteiger partial charge in [0, 0.05) is 29.3 Å². The lowest BCUT2D eigenvalue weighted by Gasteiger charge is -2.27. The highest BCUT2D eigenvalue weighted by molar-refractivity contribution is 5.90. The van der Waals surface area contributed by atoms with Crippen molar-refractivity contribution in [2.45, 2.75) is 37.8 Å². The highest BCUT2D eigenvalue weighted by atomic mass is 19.4. The quantitative estimate of drug-likeness (QED) is 0.751. The number of halogens is 3. The number of alkyl halides is 3. The number of H-pyrrole nitrogens is 1. The Hall–Kier alpha value is -2.38. The summed E-state index contributed by atoms with van der Waals surface area (Å²) in [6, 6.07) is 3.67. The van der Waals surface area contributed by atoms with Crippen LogP contribution in [0.2, 0.25) is 0 Å². The van der Waals surface area contributed by atoms with E-state index in [1.54, 1.807) is 18.5 Å². The summed E-state index contributed by atoms with van der Waals surface area (Å²) in [7, 11) is 0. The molecule has 1 aliphatic rings. The summed E-state index contributed by atoms with van der Waals surface area (Å²) in [5, 5.41) is 4.89. The van der Waals surface area contributed by atoms with Gasteiger partial charge in [0.25, 0.3) is 0 Å². The number of nitrogens with zero attached hydrogens (tertiary/aromatic N) is 3. The maximum atomic E-state index is 12.8. The van der Waals surface area contributed by atoms with Crippen LogP contribution in [0.4, 0.5) is 13.2 Å². The molecule has 1 fully saturated rings. The minimum atomic E-state index is -4.11. The Morgan fingerprint density at radius 1 is 1.12 bits per heavy atom. The third-order valence-corrected chi connectivity index (χ3v) is 4.68. The maximum absolute atomic E-state index is 12.8. The average Bonchev–Trinajstić information content (AvgIpc) is 3.23. The number of nitrogens with one attached hydrogen (secondary N) is 1. The van der Waals surface area contributed by atoms with Crippen molar-refractivity contribution >= 4 is 11.0 Å². The largest absolute Gasteiger partial charge is 0.391 e. The van der Waals surface area contributed by atoms with Gasteiger partial charge in [-0.05, 0) is 37.8 Å². The molecule has 1 saturated carbocycles. The molecule has 0 unspecified atom stereocenters. The zero-order valence-corrected chi connectivity index (χ0v) is 12.7. The van der Waals surface area contributed by atoms with Crippen molar-refractivity contribution in [1.29, 1.82) is 0 Å². The van der Waals surface area contributed by atoms with Gasteiger partial charge in [0.05, 0.1) is 5.92 Å². The first kappa shape index (κ1) is 15.2. The van der Waals surface area contributed by atoms with Gasteiger partial charge in [0.15, 0.2) is 0 Å². The van der Waals surface area contributed by atoms with Gasteiger partial charge >= 0.3 is 6.18 Å². The normalized spacial score (nSPS) is 22.1. The van der Waals surface area contributed by atoms with Crippen LogP contribution in [-0.2, 0) is 0 Å². The number of hydrogen-bond acceptors (Lipinski definition) is 4. The summed E-state index contributed by atoms with van der Waals surface area (Å²) < 4.78 is 43.6. The smallest absolute Gasteiger partial charge is 0.346 e. The van der Waals surface area contributed by atoms with Gasteiger partial charge in [0.1, 0.15) is 5.65 Å². The molecule has 0 aliphatic heterocycles. The minimum Gasteiger partial charge on any atom is -0.346 e. The van der Waals surface area contributed by atoms with Crippen molar-refractivity contribution < 1.29 is 17.7 Å². The molecule has 3 aromatic heterocycles. The summed E-state index contributed by atoms with van der Waals surface area (Å²) in [6.45, 7) is 0. The second-order valence-corrected chi connectivity index (χ2v) is 6.14. The van der Waals surface area contributed by atoms with Gasteiger partial charge in [-0.2, -0.15) is 18.2 Å². The van der Waals surface area contributed by atoms with Crippen molar-refractivity contribution in [2.75, 3.05) is 0 Å². The van der Waals surface area contributed by atoms with Crippen molar-refractivity contribution in [3.8, 4) is 11.4 Å². The zero-order chi connectivity index (χ0) is 16.7. The molecule has 0 saturated heterocycles. The van der Waals surface area contributed by atoms with Gasteiger partial charge in [-0.25, -0.2) is 4.98 Å². The van der Waals surface area contributed by atoms with E-state index >= 15 is 0 Å². The van der Waals surface area contributed by atoms with Crippen molar-refractivity contribution in [3.63, 3.8) is 0 Å². The van der Waals surface area contributed by atoms with E-state index in [-0.39, 0.29) is 18.8 Å². The van der Waals surface area contributed by atoms with Crippen molar-refractivity contribution in [1.82, 2.24) is 20.1 Å². The molecule has 1 aliphatic carbocycles. The van der Waals surface area contributed by atoms with Crippen LogP contribution < -0.4 is 0 Å². The van der Waals surface area contributed by atoms with E-state index in [0.717, 1.165) is 16.6 Å². The Morgan fingerprint density at radius 2 is 1.92 bits per heavy atom. The van der Waals surface area contributed by atoms with E-state index in [4.69, 9.17) is 4.52 Å². The van der Waals surface area contributed by atoms with Crippen LogP contribution in [0.1, 0.15) is 37.5 Å². The SMILES string of the molecule is FC(F)(F)C1CCC(c2nc(-c3ccnc4[nH]ccc34)no2)CC1. The topological polar surface area (TPSA) is 67.6 Å². The first-order chi connectivity index (χ1) is 11.5. The Bertz CT molecular complexity index is 846. The maximum Gasteiger partial charge on any atom is 0.391 e. The predicted octanol–water partition coefficient (Wildman–Crippen LogP) is 4.45. The molecule has 24 heavy (non-hydrogen) atoms. The van der Waals surface area contributed by atoms with Crippen LogP contribution in [0.3, 0.4) is 0 Å². The first-order valence-corrected chi connectivity index (χ1v) is 7.85. The fourth-order valence-corrected chi connectivity index (χ4v) is 3.33. The van der Waals surface area contributed by atoms with Crippen LogP contribution in [-0.4, -0.2) is 26.3 Å². The Kier molecular flexibility index (Phi) is 3.54. The Labute approximate surface area is 135 Å². The third-order valence-electron chi connectivity index (χ3n) is 4.68. The summed E-state index contributed by atoms with van der Waals surface area (Å²) in [5.41, 5.74) is 1.52. The molecule has 0 radical (unpaired) electrons. The highest BCUT2D eigenvalue weighted by Crippen LogP contribution is 2.42. The van der Waals surface area contributed by atoms with Crippen LogP contribution in [0.25, 0.3) is 22.4 Å². The van der Waals surface area contributed by atoms with Crippen molar-refractivity contribution in [2.24, 2.45) is 5.92 Å². The second-order valence-electron chi connectivity index (χ2n) is 6.14. The first-order valence-electron chi connectivity index (χ1n) is 7.85. The molecule has 0 aromatic carbocycles. The summed E-state index contributed by atoms with van der Waals surface area (Å²) in [4.78, 5) is 11.6. The summed E-state index contributed by atoms with van der Waals surface area (Å²) >= 11 is 0. The molecule has 5 nitrogen and oxygen atoms in total.